The molecule has 1 aliphatic heterocycles. The van der Waals surface area contributed by atoms with Crippen molar-refractivity contribution < 1.29 is 4.58 Å². The highest BCUT2D eigenvalue weighted by molar-refractivity contribution is 9.10. The SMILES string of the molecule is CCN(CC)c1ccc(C2=[N+](CC)c3ccc(Br)c4cccc2c34)cc1. The standard InChI is InChI=1S/C23H24BrN2/c1-4-25(5-2)17-12-10-16(11-13-17)23-19-9-7-8-18-20(24)14-15-21(22(18)19)26(23)6-3/h7-15H,4-6H2,1-3H3/q+1. The predicted molar refractivity (Wildman–Crippen MR) is 115 cm³/mol. The van der Waals surface area contributed by atoms with Crippen LogP contribution in [0.2, 0.25) is 0 Å². The third-order valence-corrected chi connectivity index (χ3v) is 6.06. The van der Waals surface area contributed by atoms with Crippen LogP contribution in [0.3, 0.4) is 0 Å². The average molecular weight is 408 g/mol. The smallest absolute Gasteiger partial charge is 0.221 e. The van der Waals surface area contributed by atoms with Crippen LogP contribution in [-0.4, -0.2) is 29.9 Å². The lowest BCUT2D eigenvalue weighted by atomic mass is 9.98. The summed E-state index contributed by atoms with van der Waals surface area (Å²) in [5.74, 6) is 0. The molecule has 0 bridgehead atoms. The van der Waals surface area contributed by atoms with Crippen LogP contribution in [0.4, 0.5) is 11.4 Å². The van der Waals surface area contributed by atoms with Crippen molar-refractivity contribution in [3.05, 3.63) is 70.2 Å². The van der Waals surface area contributed by atoms with Crippen molar-refractivity contribution in [3.63, 3.8) is 0 Å². The molecule has 0 aliphatic carbocycles. The molecule has 0 spiro atoms. The van der Waals surface area contributed by atoms with Crippen LogP contribution in [0.5, 0.6) is 0 Å². The first kappa shape index (κ1) is 17.3. The molecule has 3 heteroatoms. The van der Waals surface area contributed by atoms with Crippen molar-refractivity contribution in [2.45, 2.75) is 20.8 Å². The Kier molecular flexibility index (Phi) is 4.58. The van der Waals surface area contributed by atoms with Crippen LogP contribution in [0.1, 0.15) is 31.9 Å². The molecule has 3 aromatic rings. The molecule has 1 aliphatic rings. The fourth-order valence-corrected chi connectivity index (χ4v) is 4.56. The van der Waals surface area contributed by atoms with E-state index in [1.807, 2.05) is 0 Å². The van der Waals surface area contributed by atoms with E-state index in [0.29, 0.717) is 0 Å². The van der Waals surface area contributed by atoms with Gasteiger partial charge in [0.15, 0.2) is 0 Å². The zero-order valence-electron chi connectivity index (χ0n) is 15.6. The Morgan fingerprint density at radius 1 is 0.885 bits per heavy atom. The van der Waals surface area contributed by atoms with Crippen LogP contribution < -0.4 is 4.90 Å². The minimum Gasteiger partial charge on any atom is -0.372 e. The maximum atomic E-state index is 3.72. The van der Waals surface area contributed by atoms with Crippen molar-refractivity contribution >= 4 is 43.8 Å². The van der Waals surface area contributed by atoms with Crippen molar-refractivity contribution in [3.8, 4) is 0 Å². The second-order valence-electron chi connectivity index (χ2n) is 6.61. The molecule has 3 aromatic carbocycles. The first-order chi connectivity index (χ1) is 12.7. The van der Waals surface area contributed by atoms with Gasteiger partial charge in [0.2, 0.25) is 11.4 Å². The first-order valence-corrected chi connectivity index (χ1v) is 10.2. The molecule has 0 unspecified atom stereocenters. The summed E-state index contributed by atoms with van der Waals surface area (Å²) in [7, 11) is 0. The molecule has 4 rings (SSSR count). The Labute approximate surface area is 163 Å². The van der Waals surface area contributed by atoms with Gasteiger partial charge < -0.3 is 4.90 Å². The normalized spacial score (nSPS) is 12.9. The van der Waals surface area contributed by atoms with Crippen molar-refractivity contribution in [2.24, 2.45) is 0 Å². The summed E-state index contributed by atoms with van der Waals surface area (Å²) in [5, 5.41) is 2.64. The van der Waals surface area contributed by atoms with Crippen molar-refractivity contribution in [1.29, 1.82) is 0 Å². The van der Waals surface area contributed by atoms with Crippen LogP contribution in [0.15, 0.2) is 59.1 Å². The molecule has 0 amide bonds. The lowest BCUT2D eigenvalue weighted by molar-refractivity contribution is -0.431. The molecule has 0 saturated carbocycles. The summed E-state index contributed by atoms with van der Waals surface area (Å²) in [5.41, 5.74) is 6.53. The summed E-state index contributed by atoms with van der Waals surface area (Å²) >= 11 is 3.72. The highest BCUT2D eigenvalue weighted by Crippen LogP contribution is 2.40. The Morgan fingerprint density at radius 3 is 2.27 bits per heavy atom. The van der Waals surface area contributed by atoms with E-state index in [2.05, 4.69) is 101 Å². The molecule has 0 radical (unpaired) electrons. The number of hydrogen-bond acceptors (Lipinski definition) is 1. The van der Waals surface area contributed by atoms with E-state index in [0.717, 1.165) is 24.1 Å². The fraction of sp³-hybridized carbons (Fsp3) is 0.261. The molecular formula is C23H24BrN2+. The zero-order chi connectivity index (χ0) is 18.3. The maximum Gasteiger partial charge on any atom is 0.221 e. The van der Waals surface area contributed by atoms with Gasteiger partial charge in [0, 0.05) is 40.3 Å². The molecule has 0 saturated heterocycles. The van der Waals surface area contributed by atoms with Crippen LogP contribution >= 0.6 is 15.9 Å². The summed E-state index contributed by atoms with van der Waals surface area (Å²) < 4.78 is 3.60. The number of hydrogen-bond donors (Lipinski definition) is 0. The van der Waals surface area contributed by atoms with Crippen molar-refractivity contribution in [2.75, 3.05) is 24.5 Å². The molecular weight excluding hydrogens is 384 g/mol. The van der Waals surface area contributed by atoms with Gasteiger partial charge in [-0.15, -0.1) is 0 Å². The Bertz CT molecular complexity index is 999. The van der Waals surface area contributed by atoms with E-state index in [-0.39, 0.29) is 0 Å². The van der Waals surface area contributed by atoms with E-state index in [4.69, 9.17) is 0 Å². The van der Waals surface area contributed by atoms with E-state index in [1.165, 1.54) is 39.0 Å². The topological polar surface area (TPSA) is 6.25 Å². The van der Waals surface area contributed by atoms with Crippen molar-refractivity contribution in [1.82, 2.24) is 0 Å². The number of nitrogens with zero attached hydrogens (tertiary/aromatic N) is 2. The van der Waals surface area contributed by atoms with Gasteiger partial charge in [0.1, 0.15) is 6.54 Å². The second-order valence-corrected chi connectivity index (χ2v) is 7.46. The summed E-state index contributed by atoms with van der Waals surface area (Å²) in [6.45, 7) is 9.66. The van der Waals surface area contributed by atoms with E-state index >= 15 is 0 Å². The third kappa shape index (κ3) is 2.57. The second kappa shape index (κ2) is 6.88. The molecule has 2 nitrogen and oxygen atoms in total. The largest absolute Gasteiger partial charge is 0.372 e. The van der Waals surface area contributed by atoms with E-state index in [1.54, 1.807) is 0 Å². The maximum absolute atomic E-state index is 3.72. The molecule has 132 valence electrons. The number of rotatable bonds is 5. The van der Waals surface area contributed by atoms with Gasteiger partial charge in [-0.05, 0) is 57.2 Å². The van der Waals surface area contributed by atoms with Gasteiger partial charge in [-0.25, -0.2) is 0 Å². The summed E-state index contributed by atoms with van der Waals surface area (Å²) in [4.78, 5) is 2.38. The lowest BCUT2D eigenvalue weighted by Gasteiger charge is -2.21. The minimum absolute atomic E-state index is 0.957. The highest BCUT2D eigenvalue weighted by Gasteiger charge is 2.32. The number of anilines is 1. The fourth-order valence-electron chi connectivity index (χ4n) is 4.10. The van der Waals surface area contributed by atoms with Gasteiger partial charge in [0.25, 0.3) is 0 Å². The third-order valence-electron chi connectivity index (χ3n) is 5.37. The first-order valence-electron chi connectivity index (χ1n) is 9.41. The summed E-state index contributed by atoms with van der Waals surface area (Å²) in [6.07, 6.45) is 0. The van der Waals surface area contributed by atoms with Gasteiger partial charge in [-0.2, -0.15) is 4.58 Å². The van der Waals surface area contributed by atoms with Gasteiger partial charge in [-0.3, -0.25) is 0 Å². The highest BCUT2D eigenvalue weighted by atomic mass is 79.9. The molecule has 26 heavy (non-hydrogen) atoms. The van der Waals surface area contributed by atoms with Gasteiger partial charge in [-0.1, -0.05) is 28.1 Å². The number of halogens is 1. The quantitative estimate of drug-likeness (QED) is 0.472. The Balaban J connectivity index is 1.88. The molecule has 0 fully saturated rings. The summed E-state index contributed by atoms with van der Waals surface area (Å²) in [6, 6.07) is 20.1. The Hall–Kier alpha value is -2.13. The Morgan fingerprint density at radius 2 is 1.62 bits per heavy atom. The van der Waals surface area contributed by atoms with Gasteiger partial charge in [0.05, 0.1) is 10.9 Å². The van der Waals surface area contributed by atoms with Crippen LogP contribution in [0.25, 0.3) is 10.8 Å². The number of benzene rings is 3. The zero-order valence-corrected chi connectivity index (χ0v) is 17.2. The minimum atomic E-state index is 0.957. The van der Waals surface area contributed by atoms with E-state index < -0.39 is 0 Å². The molecule has 0 aromatic heterocycles. The van der Waals surface area contributed by atoms with Crippen LogP contribution in [0, 0.1) is 0 Å². The van der Waals surface area contributed by atoms with E-state index in [9.17, 15) is 0 Å². The predicted octanol–water partition coefficient (Wildman–Crippen LogP) is 5.96. The van der Waals surface area contributed by atoms with Crippen LogP contribution in [-0.2, 0) is 0 Å². The monoisotopic (exact) mass is 407 g/mol. The molecule has 0 N–H and O–H groups in total. The molecule has 0 atom stereocenters. The van der Waals surface area contributed by atoms with Gasteiger partial charge >= 0.3 is 0 Å². The average Bonchev–Trinajstić information content (AvgIpc) is 3.01. The lowest BCUT2D eigenvalue weighted by Crippen LogP contribution is -2.22. The molecule has 1 heterocycles.